The summed E-state index contributed by atoms with van der Waals surface area (Å²) < 4.78 is 11.9. The Morgan fingerprint density at radius 1 is 1.18 bits per heavy atom. The Balaban J connectivity index is 2.03. The molecule has 0 radical (unpaired) electrons. The third kappa shape index (κ3) is 6.92. The minimum absolute atomic E-state index is 0.138. The quantitative estimate of drug-likeness (QED) is 0.308. The Morgan fingerprint density at radius 2 is 1.89 bits per heavy atom. The van der Waals surface area contributed by atoms with Crippen molar-refractivity contribution in [3.63, 3.8) is 0 Å². The van der Waals surface area contributed by atoms with Gasteiger partial charge in [-0.2, -0.15) is 5.10 Å². The Bertz CT molecular complexity index is 852. The molecule has 0 spiro atoms. The summed E-state index contributed by atoms with van der Waals surface area (Å²) in [5, 5.41) is 10.2. The van der Waals surface area contributed by atoms with Crippen molar-refractivity contribution in [2.75, 3.05) is 13.2 Å². The number of nitrogens with one attached hydrogen (secondary N) is 1. The van der Waals surface area contributed by atoms with Crippen molar-refractivity contribution < 1.29 is 14.3 Å². The number of hydrogen-bond donors (Lipinski definition) is 3. The molecule has 0 aliphatic carbocycles. The molecule has 0 aromatic heterocycles. The molecule has 9 heteroatoms. The van der Waals surface area contributed by atoms with E-state index in [9.17, 15) is 4.79 Å². The summed E-state index contributed by atoms with van der Waals surface area (Å²) in [6, 6.07) is 13.1. The third-order valence-corrected chi connectivity index (χ3v) is 4.11. The van der Waals surface area contributed by atoms with Crippen molar-refractivity contribution in [2.45, 2.75) is 13.5 Å². The monoisotopic (exact) mass is 447 g/mol. The van der Waals surface area contributed by atoms with Gasteiger partial charge in [0.2, 0.25) is 5.96 Å². The summed E-state index contributed by atoms with van der Waals surface area (Å²) in [5.41, 5.74) is 12.2. The SMILES string of the molecule is CCOc1cc(C=NN=C(N)N)c(Br)cc1OCC(=O)NCc1ccccc1. The van der Waals surface area contributed by atoms with Crippen LogP contribution in [0.3, 0.4) is 0 Å². The molecule has 0 fully saturated rings. The average Bonchev–Trinajstić information content (AvgIpc) is 2.68. The van der Waals surface area contributed by atoms with Crippen LogP contribution < -0.4 is 26.3 Å². The minimum Gasteiger partial charge on any atom is -0.490 e. The van der Waals surface area contributed by atoms with E-state index in [1.54, 1.807) is 12.1 Å². The van der Waals surface area contributed by atoms with Gasteiger partial charge in [0.15, 0.2) is 18.1 Å². The molecule has 8 nitrogen and oxygen atoms in total. The fourth-order valence-corrected chi connectivity index (χ4v) is 2.60. The van der Waals surface area contributed by atoms with Gasteiger partial charge in [0.05, 0.1) is 12.8 Å². The Hall–Kier alpha value is -3.07. The fraction of sp³-hybridized carbons (Fsp3) is 0.211. The number of carbonyl (C=O) groups is 1. The molecular formula is C19H22BrN5O3. The van der Waals surface area contributed by atoms with E-state index in [-0.39, 0.29) is 18.5 Å². The molecule has 0 aliphatic rings. The third-order valence-electron chi connectivity index (χ3n) is 3.42. The van der Waals surface area contributed by atoms with Crippen LogP contribution in [0.15, 0.2) is 57.1 Å². The summed E-state index contributed by atoms with van der Waals surface area (Å²) in [4.78, 5) is 12.1. The highest BCUT2D eigenvalue weighted by atomic mass is 79.9. The second-order valence-electron chi connectivity index (χ2n) is 5.57. The second kappa shape index (κ2) is 10.9. The maximum atomic E-state index is 12.1. The van der Waals surface area contributed by atoms with Crippen LogP contribution >= 0.6 is 15.9 Å². The van der Waals surface area contributed by atoms with Crippen LogP contribution in [-0.4, -0.2) is 31.3 Å². The summed E-state index contributed by atoms with van der Waals surface area (Å²) in [6.45, 7) is 2.58. The van der Waals surface area contributed by atoms with Gasteiger partial charge in [-0.25, -0.2) is 0 Å². The smallest absolute Gasteiger partial charge is 0.258 e. The second-order valence-corrected chi connectivity index (χ2v) is 6.43. The number of amides is 1. The van der Waals surface area contributed by atoms with Crippen molar-refractivity contribution >= 4 is 34.0 Å². The molecule has 0 saturated heterocycles. The molecule has 148 valence electrons. The number of benzene rings is 2. The first-order valence-electron chi connectivity index (χ1n) is 8.51. The molecule has 1 amide bonds. The summed E-state index contributed by atoms with van der Waals surface area (Å²) in [7, 11) is 0. The molecule has 0 aliphatic heterocycles. The van der Waals surface area contributed by atoms with Crippen LogP contribution in [0.4, 0.5) is 0 Å². The van der Waals surface area contributed by atoms with Crippen molar-refractivity contribution in [3.05, 3.63) is 58.1 Å². The van der Waals surface area contributed by atoms with E-state index in [1.165, 1.54) is 6.21 Å². The Kier molecular flexibility index (Phi) is 8.29. The van der Waals surface area contributed by atoms with Gasteiger partial charge >= 0.3 is 0 Å². The van der Waals surface area contributed by atoms with Crippen LogP contribution in [0.1, 0.15) is 18.1 Å². The topological polar surface area (TPSA) is 124 Å². The van der Waals surface area contributed by atoms with Crippen LogP contribution in [0.25, 0.3) is 0 Å². The standard InChI is InChI=1S/C19H22BrN5O3/c1-2-27-16-8-14(11-24-25-19(21)22)15(20)9-17(16)28-12-18(26)23-10-13-6-4-3-5-7-13/h3-9,11H,2,10,12H2,1H3,(H,23,26)(H4,21,22,25). The molecule has 0 unspecified atom stereocenters. The van der Waals surface area contributed by atoms with E-state index < -0.39 is 0 Å². The number of halogens is 1. The average molecular weight is 448 g/mol. The van der Waals surface area contributed by atoms with E-state index in [0.717, 1.165) is 5.56 Å². The predicted octanol–water partition coefficient (Wildman–Crippen LogP) is 2.15. The molecule has 2 rings (SSSR count). The van der Waals surface area contributed by atoms with Crippen molar-refractivity contribution in [1.82, 2.24) is 5.32 Å². The van der Waals surface area contributed by atoms with Crippen LogP contribution in [0, 0.1) is 0 Å². The van der Waals surface area contributed by atoms with Gasteiger partial charge in [0, 0.05) is 16.6 Å². The number of nitrogens with two attached hydrogens (primary N) is 2. The lowest BCUT2D eigenvalue weighted by atomic mass is 10.2. The lowest BCUT2D eigenvalue weighted by molar-refractivity contribution is -0.123. The molecule has 0 saturated carbocycles. The largest absolute Gasteiger partial charge is 0.490 e. The minimum atomic E-state index is -0.235. The van der Waals surface area contributed by atoms with Gasteiger partial charge in [0.25, 0.3) is 5.91 Å². The first kappa shape index (κ1) is 21.2. The van der Waals surface area contributed by atoms with Crippen molar-refractivity contribution in [3.8, 4) is 11.5 Å². The number of guanidine groups is 1. The van der Waals surface area contributed by atoms with E-state index in [2.05, 4.69) is 31.4 Å². The molecule has 2 aromatic rings. The van der Waals surface area contributed by atoms with Crippen molar-refractivity contribution in [2.24, 2.45) is 21.7 Å². The Labute approximate surface area is 171 Å². The van der Waals surface area contributed by atoms with Crippen LogP contribution in [0.2, 0.25) is 0 Å². The lowest BCUT2D eigenvalue weighted by Gasteiger charge is -2.14. The van der Waals surface area contributed by atoms with Gasteiger partial charge in [-0.15, -0.1) is 5.10 Å². The highest BCUT2D eigenvalue weighted by molar-refractivity contribution is 9.10. The normalized spacial score (nSPS) is 10.5. The van der Waals surface area contributed by atoms with E-state index in [1.807, 2.05) is 37.3 Å². The zero-order valence-electron chi connectivity index (χ0n) is 15.4. The van der Waals surface area contributed by atoms with Gasteiger partial charge < -0.3 is 26.3 Å². The zero-order chi connectivity index (χ0) is 20.4. The number of rotatable bonds is 9. The molecule has 0 bridgehead atoms. The predicted molar refractivity (Wildman–Crippen MR) is 112 cm³/mol. The molecule has 28 heavy (non-hydrogen) atoms. The van der Waals surface area contributed by atoms with E-state index in [4.69, 9.17) is 20.9 Å². The highest BCUT2D eigenvalue weighted by Gasteiger charge is 2.12. The first-order valence-corrected chi connectivity index (χ1v) is 9.30. The Morgan fingerprint density at radius 3 is 2.57 bits per heavy atom. The maximum Gasteiger partial charge on any atom is 0.258 e. The highest BCUT2D eigenvalue weighted by Crippen LogP contribution is 2.33. The van der Waals surface area contributed by atoms with E-state index >= 15 is 0 Å². The lowest BCUT2D eigenvalue weighted by Crippen LogP contribution is -2.28. The number of hydrogen-bond acceptors (Lipinski definition) is 5. The molecule has 0 atom stereocenters. The number of carbonyl (C=O) groups excluding carboxylic acids is 1. The van der Waals surface area contributed by atoms with Crippen molar-refractivity contribution in [1.29, 1.82) is 0 Å². The summed E-state index contributed by atoms with van der Waals surface area (Å²) in [5.74, 6) is 0.537. The number of ether oxygens (including phenoxy) is 2. The first-order chi connectivity index (χ1) is 13.5. The molecule has 5 N–H and O–H groups in total. The van der Waals surface area contributed by atoms with Gasteiger partial charge in [0.1, 0.15) is 0 Å². The molecular weight excluding hydrogens is 426 g/mol. The summed E-state index contributed by atoms with van der Waals surface area (Å²) in [6.07, 6.45) is 1.47. The molecule has 0 heterocycles. The van der Waals surface area contributed by atoms with Gasteiger partial charge in [-0.1, -0.05) is 30.3 Å². The van der Waals surface area contributed by atoms with Crippen LogP contribution in [0.5, 0.6) is 11.5 Å². The van der Waals surface area contributed by atoms with E-state index in [0.29, 0.717) is 34.7 Å². The maximum absolute atomic E-state index is 12.1. The molecule has 2 aromatic carbocycles. The van der Waals surface area contributed by atoms with Crippen LogP contribution in [-0.2, 0) is 11.3 Å². The number of nitrogens with zero attached hydrogens (tertiary/aromatic N) is 2. The van der Waals surface area contributed by atoms with Gasteiger partial charge in [-0.3, -0.25) is 4.79 Å². The van der Waals surface area contributed by atoms with Gasteiger partial charge in [-0.05, 0) is 40.5 Å². The zero-order valence-corrected chi connectivity index (χ0v) is 17.0. The summed E-state index contributed by atoms with van der Waals surface area (Å²) >= 11 is 3.43. The fourth-order valence-electron chi connectivity index (χ4n) is 2.18.